The second kappa shape index (κ2) is 80.0. The minimum absolute atomic E-state index is 0.0229. The van der Waals surface area contributed by atoms with E-state index in [9.17, 15) is 19.8 Å². The Morgan fingerprint density at radius 3 is 0.789 bits per heavy atom. The van der Waals surface area contributed by atoms with Crippen molar-refractivity contribution in [1.29, 1.82) is 0 Å². The summed E-state index contributed by atoms with van der Waals surface area (Å²) in [6, 6.07) is -0.542. The number of rotatable bonds is 80. The lowest BCUT2D eigenvalue weighted by Crippen LogP contribution is -2.45. The molecule has 3 N–H and O–H groups in total. The lowest BCUT2D eigenvalue weighted by Gasteiger charge is -2.22. The molecule has 0 heterocycles. The smallest absolute Gasteiger partial charge is 0.305 e. The first kappa shape index (κ1) is 88.6. The average molecular weight is 1270 g/mol. The number of aliphatic hydroxyl groups is 2. The molecule has 0 aromatic rings. The van der Waals surface area contributed by atoms with E-state index in [0.29, 0.717) is 25.9 Å². The van der Waals surface area contributed by atoms with Crippen molar-refractivity contribution >= 4 is 11.9 Å². The molecule has 0 aromatic heterocycles. The van der Waals surface area contributed by atoms with Crippen LogP contribution < -0.4 is 5.32 Å². The predicted octanol–water partition coefficient (Wildman–Crippen LogP) is 27.8. The molecule has 0 fully saturated rings. The minimum atomic E-state index is -0.665. The second-order valence-electron chi connectivity index (χ2n) is 29.2. The minimum Gasteiger partial charge on any atom is -0.466 e. The van der Waals surface area contributed by atoms with E-state index in [4.69, 9.17) is 4.74 Å². The van der Waals surface area contributed by atoms with Gasteiger partial charge in [0.15, 0.2) is 0 Å². The van der Waals surface area contributed by atoms with E-state index in [1.165, 1.54) is 417 Å². The van der Waals surface area contributed by atoms with Crippen LogP contribution in [0.5, 0.6) is 0 Å². The van der Waals surface area contributed by atoms with E-state index in [0.717, 1.165) is 38.5 Å². The molecule has 6 heteroatoms. The molecule has 90 heavy (non-hydrogen) atoms. The van der Waals surface area contributed by atoms with E-state index < -0.39 is 12.1 Å². The Hall–Kier alpha value is -1.40. The number of esters is 1. The summed E-state index contributed by atoms with van der Waals surface area (Å²) in [7, 11) is 0. The third kappa shape index (κ3) is 75.6. The van der Waals surface area contributed by atoms with E-state index >= 15 is 0 Å². The summed E-state index contributed by atoms with van der Waals surface area (Å²) >= 11 is 0. The molecule has 0 saturated heterocycles. The SMILES string of the molecule is CCCCCCCCCCCCCCCCCCCCCCCCCCCC(O)C(CO)NC(=O)CCCCCCCCCCCCCCC/C=C\CCCCCCCCCCCCCCOC(=O)CCCCCCCCCCCCCCCCCCCCC. The summed E-state index contributed by atoms with van der Waals surface area (Å²) in [4.78, 5) is 24.7. The molecule has 0 spiro atoms. The maximum atomic E-state index is 12.6. The summed E-state index contributed by atoms with van der Waals surface area (Å²) in [6.07, 6.45) is 102. The van der Waals surface area contributed by atoms with Gasteiger partial charge in [0, 0.05) is 12.8 Å². The van der Waals surface area contributed by atoms with Crippen LogP contribution in [-0.2, 0) is 14.3 Å². The van der Waals surface area contributed by atoms with Crippen LogP contribution in [0.15, 0.2) is 12.2 Å². The Labute approximate surface area is 565 Å². The molecular formula is C84H165NO5. The lowest BCUT2D eigenvalue weighted by atomic mass is 10.0. The molecule has 0 rings (SSSR count). The largest absolute Gasteiger partial charge is 0.466 e. The van der Waals surface area contributed by atoms with Gasteiger partial charge in [0.05, 0.1) is 25.4 Å². The molecule has 2 unspecified atom stereocenters. The van der Waals surface area contributed by atoms with Gasteiger partial charge in [-0.3, -0.25) is 9.59 Å². The summed E-state index contributed by atoms with van der Waals surface area (Å²) in [5.41, 5.74) is 0. The molecule has 0 aliphatic carbocycles. The van der Waals surface area contributed by atoms with Gasteiger partial charge in [-0.05, 0) is 51.4 Å². The number of carbonyl (C=O) groups is 2. The van der Waals surface area contributed by atoms with Gasteiger partial charge in [0.2, 0.25) is 5.91 Å². The maximum absolute atomic E-state index is 12.6. The first-order valence-electron chi connectivity index (χ1n) is 41.9. The standard InChI is InChI=1S/C84H165NO5/c1-3-5-7-9-11-13-15-17-19-21-23-24-25-31-34-37-41-44-48-52-56-60-64-68-72-76-82(87)81(80-86)85-83(88)77-73-69-65-61-57-53-49-45-42-38-35-32-29-27-26-28-30-33-36-39-43-47-51-55-59-63-67-71-75-79-90-84(89)78-74-70-66-62-58-54-50-46-40-22-20-18-16-14-12-10-8-6-4-2/h26,28,81-82,86-87H,3-25,27,29-80H2,1-2H3,(H,85,88)/b28-26-. The van der Waals surface area contributed by atoms with Crippen molar-refractivity contribution in [2.45, 2.75) is 501 Å². The number of nitrogens with one attached hydrogen (secondary N) is 1. The van der Waals surface area contributed by atoms with Crippen molar-refractivity contribution in [3.8, 4) is 0 Å². The quantitative estimate of drug-likeness (QED) is 0.0320. The number of amides is 1. The molecule has 6 nitrogen and oxygen atoms in total. The fourth-order valence-corrected chi connectivity index (χ4v) is 13.7. The van der Waals surface area contributed by atoms with Gasteiger partial charge in [-0.25, -0.2) is 0 Å². The van der Waals surface area contributed by atoms with Gasteiger partial charge in [-0.1, -0.05) is 437 Å². The van der Waals surface area contributed by atoms with Crippen molar-refractivity contribution < 1.29 is 24.5 Å². The summed E-state index contributed by atoms with van der Waals surface area (Å²) in [5.74, 6) is -0.00464. The van der Waals surface area contributed by atoms with Crippen LogP contribution >= 0.6 is 0 Å². The van der Waals surface area contributed by atoms with Crippen molar-refractivity contribution in [2.24, 2.45) is 0 Å². The van der Waals surface area contributed by atoms with Crippen LogP contribution in [0.2, 0.25) is 0 Å². The van der Waals surface area contributed by atoms with Crippen LogP contribution in [0.1, 0.15) is 489 Å². The molecule has 0 aliphatic rings. The number of carbonyl (C=O) groups excluding carboxylic acids is 2. The fraction of sp³-hybridized carbons (Fsp3) is 0.952. The van der Waals surface area contributed by atoms with Crippen LogP contribution in [0.4, 0.5) is 0 Å². The van der Waals surface area contributed by atoms with Crippen LogP contribution in [0.3, 0.4) is 0 Å². The van der Waals surface area contributed by atoms with E-state index in [-0.39, 0.29) is 18.5 Å². The zero-order valence-electron chi connectivity index (χ0n) is 61.7. The highest BCUT2D eigenvalue weighted by Crippen LogP contribution is 2.21. The molecule has 536 valence electrons. The normalized spacial score (nSPS) is 12.4. The molecule has 0 radical (unpaired) electrons. The highest BCUT2D eigenvalue weighted by molar-refractivity contribution is 5.76. The molecule has 0 saturated carbocycles. The molecule has 2 atom stereocenters. The van der Waals surface area contributed by atoms with Crippen molar-refractivity contribution in [1.82, 2.24) is 5.32 Å². The van der Waals surface area contributed by atoms with Gasteiger partial charge in [-0.2, -0.15) is 0 Å². The van der Waals surface area contributed by atoms with Gasteiger partial charge in [0.1, 0.15) is 0 Å². The maximum Gasteiger partial charge on any atom is 0.305 e. The highest BCUT2D eigenvalue weighted by atomic mass is 16.5. The van der Waals surface area contributed by atoms with E-state index in [2.05, 4.69) is 31.3 Å². The molecular weight excluding hydrogens is 1100 g/mol. The van der Waals surface area contributed by atoms with Gasteiger partial charge in [0.25, 0.3) is 0 Å². The molecule has 0 bridgehead atoms. The molecule has 1 amide bonds. The highest BCUT2D eigenvalue weighted by Gasteiger charge is 2.20. The fourth-order valence-electron chi connectivity index (χ4n) is 13.7. The number of hydrogen-bond donors (Lipinski definition) is 3. The van der Waals surface area contributed by atoms with Crippen molar-refractivity contribution in [3.05, 3.63) is 12.2 Å². The lowest BCUT2D eigenvalue weighted by molar-refractivity contribution is -0.143. The van der Waals surface area contributed by atoms with Gasteiger partial charge >= 0.3 is 5.97 Å². The number of hydrogen-bond acceptors (Lipinski definition) is 5. The van der Waals surface area contributed by atoms with Gasteiger partial charge < -0.3 is 20.3 Å². The van der Waals surface area contributed by atoms with Crippen molar-refractivity contribution in [2.75, 3.05) is 13.2 Å². The first-order chi connectivity index (χ1) is 44.5. The number of unbranched alkanes of at least 4 members (excludes halogenated alkanes) is 67. The third-order valence-corrected chi connectivity index (χ3v) is 20.1. The predicted molar refractivity (Wildman–Crippen MR) is 398 cm³/mol. The van der Waals surface area contributed by atoms with Crippen LogP contribution in [0, 0.1) is 0 Å². The zero-order valence-corrected chi connectivity index (χ0v) is 61.7. The molecule has 0 aliphatic heterocycles. The Kier molecular flexibility index (Phi) is 78.8. The Morgan fingerprint density at radius 1 is 0.300 bits per heavy atom. The van der Waals surface area contributed by atoms with E-state index in [1.807, 2.05) is 0 Å². The summed E-state index contributed by atoms with van der Waals surface area (Å²) < 4.78 is 5.52. The van der Waals surface area contributed by atoms with E-state index in [1.54, 1.807) is 0 Å². The summed E-state index contributed by atoms with van der Waals surface area (Å²) in [5, 5.41) is 23.5. The number of ether oxygens (including phenoxy) is 1. The summed E-state index contributed by atoms with van der Waals surface area (Å²) in [6.45, 7) is 5.02. The van der Waals surface area contributed by atoms with Gasteiger partial charge in [-0.15, -0.1) is 0 Å². The molecule has 0 aromatic carbocycles. The third-order valence-electron chi connectivity index (χ3n) is 20.1. The van der Waals surface area contributed by atoms with Crippen molar-refractivity contribution in [3.63, 3.8) is 0 Å². The second-order valence-corrected chi connectivity index (χ2v) is 29.2. The topological polar surface area (TPSA) is 95.9 Å². The van der Waals surface area contributed by atoms with Crippen LogP contribution in [-0.4, -0.2) is 47.4 Å². The zero-order chi connectivity index (χ0) is 64.9. The Bertz CT molecular complexity index is 1370. The number of allylic oxidation sites excluding steroid dienone is 2. The monoisotopic (exact) mass is 1270 g/mol. The first-order valence-corrected chi connectivity index (χ1v) is 41.9. The van der Waals surface area contributed by atoms with Crippen LogP contribution in [0.25, 0.3) is 0 Å². The Morgan fingerprint density at radius 2 is 0.522 bits per heavy atom. The number of aliphatic hydroxyl groups excluding tert-OH is 2. The average Bonchev–Trinajstić information content (AvgIpc) is 3.72. The Balaban J connectivity index is 3.35.